The summed E-state index contributed by atoms with van der Waals surface area (Å²) in [7, 11) is 0. The van der Waals surface area contributed by atoms with E-state index in [4.69, 9.17) is 4.74 Å². The topological polar surface area (TPSA) is 50.7 Å². The summed E-state index contributed by atoms with van der Waals surface area (Å²) in [6.45, 7) is 2.56. The molecule has 2 aliphatic rings. The van der Waals surface area contributed by atoms with E-state index in [2.05, 4.69) is 28.5 Å². The van der Waals surface area contributed by atoms with Crippen LogP contribution in [-0.2, 0) is 4.79 Å². The Balaban J connectivity index is 1.59. The lowest BCUT2D eigenvalue weighted by atomic mass is 9.78. The third kappa shape index (κ3) is 3.04. The van der Waals surface area contributed by atoms with E-state index in [1.165, 1.54) is 11.8 Å². The van der Waals surface area contributed by atoms with Crippen molar-refractivity contribution >= 4 is 34.1 Å². The molecule has 1 N–H and O–H groups in total. The normalized spacial score (nSPS) is 18.5. The van der Waals surface area contributed by atoms with Crippen LogP contribution in [0.5, 0.6) is 5.75 Å². The van der Waals surface area contributed by atoms with E-state index in [-0.39, 0.29) is 5.91 Å². The predicted molar refractivity (Wildman–Crippen MR) is 118 cm³/mol. The van der Waals surface area contributed by atoms with Crippen molar-refractivity contribution < 1.29 is 9.53 Å². The van der Waals surface area contributed by atoms with E-state index in [0.717, 1.165) is 39.3 Å². The minimum atomic E-state index is -0.118. The van der Waals surface area contributed by atoms with Gasteiger partial charge in [0.15, 0.2) is 5.17 Å². The summed E-state index contributed by atoms with van der Waals surface area (Å²) in [5.41, 5.74) is 5.95. The number of carbonyl (C=O) groups is 1. The molecule has 1 fully saturated rings. The van der Waals surface area contributed by atoms with Gasteiger partial charge in [-0.25, -0.2) is 4.99 Å². The van der Waals surface area contributed by atoms with Gasteiger partial charge in [-0.15, -0.1) is 0 Å². The number of hydrogen-bond acceptors (Lipinski definition) is 4. The highest BCUT2D eigenvalue weighted by molar-refractivity contribution is 8.18. The number of para-hydroxylation sites is 1. The minimum Gasteiger partial charge on any atom is -0.493 e. The van der Waals surface area contributed by atoms with Crippen LogP contribution >= 0.6 is 11.8 Å². The van der Waals surface area contributed by atoms with Crippen molar-refractivity contribution in [1.29, 1.82) is 0 Å². The Morgan fingerprint density at radius 2 is 1.62 bits per heavy atom. The Labute approximate surface area is 173 Å². The van der Waals surface area contributed by atoms with Crippen molar-refractivity contribution in [2.75, 3.05) is 6.61 Å². The van der Waals surface area contributed by atoms with Gasteiger partial charge in [-0.2, -0.15) is 0 Å². The molecule has 2 bridgehead atoms. The molecule has 3 aromatic rings. The maximum atomic E-state index is 12.8. The Kier molecular flexibility index (Phi) is 4.45. The number of fused-ring (bicyclic) bond motifs is 2. The largest absolute Gasteiger partial charge is 0.493 e. The Morgan fingerprint density at radius 3 is 2.34 bits per heavy atom. The standard InChI is InChI=1S/C24H18N2O2S/c1-2-28-21-18-14-13-17(15-9-5-3-6-10-15)19(21)20(18)22-23(27)26-24(29-22)25-16-11-7-4-8-12-16/h3-14H,2H2,1H3,(H,25,26,27)/b22-20-. The molecule has 0 unspecified atom stereocenters. The van der Waals surface area contributed by atoms with Gasteiger partial charge >= 0.3 is 0 Å². The molecule has 29 heavy (non-hydrogen) atoms. The number of thioether (sulfide) groups is 1. The smallest absolute Gasteiger partial charge is 0.264 e. The molecule has 142 valence electrons. The fourth-order valence-corrected chi connectivity index (χ4v) is 4.59. The molecule has 1 aliphatic heterocycles. The Hall–Kier alpha value is -3.31. The van der Waals surface area contributed by atoms with E-state index < -0.39 is 0 Å². The summed E-state index contributed by atoms with van der Waals surface area (Å²) in [5, 5.41) is 3.49. The molecule has 1 aliphatic carbocycles. The molecule has 1 amide bonds. The van der Waals surface area contributed by atoms with Crippen LogP contribution in [0.15, 0.2) is 82.7 Å². The van der Waals surface area contributed by atoms with Crippen LogP contribution in [0.3, 0.4) is 0 Å². The zero-order valence-electron chi connectivity index (χ0n) is 15.8. The number of amides is 1. The highest BCUT2D eigenvalue weighted by Crippen LogP contribution is 2.55. The maximum absolute atomic E-state index is 12.8. The average molecular weight is 398 g/mol. The lowest BCUT2D eigenvalue weighted by Gasteiger charge is -2.30. The maximum Gasteiger partial charge on any atom is 0.264 e. The molecule has 0 saturated carbocycles. The van der Waals surface area contributed by atoms with Crippen LogP contribution in [0.1, 0.15) is 18.1 Å². The second-order valence-electron chi connectivity index (χ2n) is 6.68. The highest BCUT2D eigenvalue weighted by atomic mass is 32.2. The fraction of sp³-hybridized carbons (Fsp3) is 0.0833. The monoisotopic (exact) mass is 398 g/mol. The number of amidine groups is 1. The van der Waals surface area contributed by atoms with Gasteiger partial charge in [0.05, 0.1) is 17.2 Å². The zero-order valence-corrected chi connectivity index (χ0v) is 16.6. The van der Waals surface area contributed by atoms with E-state index in [0.29, 0.717) is 16.7 Å². The van der Waals surface area contributed by atoms with Gasteiger partial charge in [-0.3, -0.25) is 4.79 Å². The number of rotatable bonds is 4. The van der Waals surface area contributed by atoms with Gasteiger partial charge in [0, 0.05) is 16.7 Å². The quantitative estimate of drug-likeness (QED) is 0.470. The molecule has 0 aromatic heterocycles. The minimum absolute atomic E-state index is 0.118. The second kappa shape index (κ2) is 7.26. The first-order chi connectivity index (χ1) is 14.3. The predicted octanol–water partition coefficient (Wildman–Crippen LogP) is 5.38. The lowest BCUT2D eigenvalue weighted by Crippen LogP contribution is -2.21. The van der Waals surface area contributed by atoms with E-state index in [9.17, 15) is 4.79 Å². The van der Waals surface area contributed by atoms with Crippen molar-refractivity contribution in [3.8, 4) is 16.9 Å². The molecule has 5 heteroatoms. The SMILES string of the molecule is CCOc1c2ccc(-c3ccccc3)c1/C2=C1\SC(=Nc2ccccc2)NC1=O. The van der Waals surface area contributed by atoms with Crippen molar-refractivity contribution in [2.24, 2.45) is 4.99 Å². The van der Waals surface area contributed by atoms with E-state index in [1.807, 2.05) is 61.5 Å². The molecule has 0 spiro atoms. The summed E-state index contributed by atoms with van der Waals surface area (Å²) in [4.78, 5) is 18.0. The first kappa shape index (κ1) is 17.8. The van der Waals surface area contributed by atoms with Crippen LogP contribution < -0.4 is 10.1 Å². The molecule has 1 heterocycles. The van der Waals surface area contributed by atoms with Crippen molar-refractivity contribution in [3.63, 3.8) is 0 Å². The van der Waals surface area contributed by atoms with Gasteiger partial charge in [0.1, 0.15) is 5.75 Å². The lowest BCUT2D eigenvalue weighted by molar-refractivity contribution is -0.115. The third-order valence-corrected chi connectivity index (χ3v) is 5.87. The summed E-state index contributed by atoms with van der Waals surface area (Å²) in [6.07, 6.45) is 0. The molecule has 3 aromatic carbocycles. The summed E-state index contributed by atoms with van der Waals surface area (Å²) >= 11 is 1.38. The molecular weight excluding hydrogens is 380 g/mol. The van der Waals surface area contributed by atoms with E-state index in [1.54, 1.807) is 0 Å². The van der Waals surface area contributed by atoms with Crippen LogP contribution in [-0.4, -0.2) is 17.7 Å². The number of aliphatic imine (C=N–C) groups is 1. The number of nitrogens with zero attached hydrogens (tertiary/aromatic N) is 1. The molecule has 0 atom stereocenters. The number of ether oxygens (including phenoxy) is 1. The van der Waals surface area contributed by atoms with Gasteiger partial charge in [0.25, 0.3) is 5.91 Å². The number of carbonyl (C=O) groups excluding carboxylic acids is 1. The summed E-state index contributed by atoms with van der Waals surface area (Å²) in [6, 6.07) is 24.0. The summed E-state index contributed by atoms with van der Waals surface area (Å²) in [5.74, 6) is 0.756. The Morgan fingerprint density at radius 1 is 0.931 bits per heavy atom. The Bertz CT molecular complexity index is 1170. The van der Waals surface area contributed by atoms with Crippen molar-refractivity contribution in [2.45, 2.75) is 6.92 Å². The van der Waals surface area contributed by atoms with Gasteiger partial charge < -0.3 is 10.1 Å². The molecule has 4 nitrogen and oxygen atoms in total. The van der Waals surface area contributed by atoms with Gasteiger partial charge in [0.2, 0.25) is 0 Å². The fourth-order valence-electron chi connectivity index (χ4n) is 3.65. The molecular formula is C24H18N2O2S. The number of hydrogen-bond donors (Lipinski definition) is 1. The van der Waals surface area contributed by atoms with Crippen molar-refractivity contribution in [3.05, 3.63) is 88.8 Å². The second-order valence-corrected chi connectivity index (χ2v) is 7.68. The van der Waals surface area contributed by atoms with Crippen LogP contribution in [0.4, 0.5) is 5.69 Å². The van der Waals surface area contributed by atoms with Crippen molar-refractivity contribution in [1.82, 2.24) is 5.32 Å². The number of nitrogens with one attached hydrogen (secondary N) is 1. The average Bonchev–Trinajstić information content (AvgIpc) is 3.11. The summed E-state index contributed by atoms with van der Waals surface area (Å²) < 4.78 is 5.91. The van der Waals surface area contributed by atoms with Crippen LogP contribution in [0, 0.1) is 0 Å². The first-order valence-electron chi connectivity index (χ1n) is 9.49. The van der Waals surface area contributed by atoms with Crippen LogP contribution in [0.25, 0.3) is 16.7 Å². The first-order valence-corrected chi connectivity index (χ1v) is 10.3. The third-order valence-electron chi connectivity index (χ3n) is 4.89. The molecule has 0 radical (unpaired) electrons. The zero-order chi connectivity index (χ0) is 19.8. The number of benzene rings is 3. The van der Waals surface area contributed by atoms with Crippen LogP contribution in [0.2, 0.25) is 0 Å². The van der Waals surface area contributed by atoms with Gasteiger partial charge in [-0.05, 0) is 48.0 Å². The van der Waals surface area contributed by atoms with E-state index >= 15 is 0 Å². The molecule has 1 saturated heterocycles. The highest BCUT2D eigenvalue weighted by Gasteiger charge is 2.38. The molecule has 5 rings (SSSR count). The van der Waals surface area contributed by atoms with Gasteiger partial charge in [-0.1, -0.05) is 54.6 Å².